The number of pyridine rings is 1. The van der Waals surface area contributed by atoms with Crippen molar-refractivity contribution in [2.45, 2.75) is 83.7 Å². The molecule has 2 aromatic carbocycles. The lowest BCUT2D eigenvalue weighted by Gasteiger charge is -2.43. The van der Waals surface area contributed by atoms with Crippen LogP contribution in [0.4, 0.5) is 0 Å². The number of hydrogen-bond donors (Lipinski definition) is 0. The Kier molecular flexibility index (Phi) is 9.65. The maximum Gasteiger partial charge on any atom is 0.339 e. The molecule has 48 heavy (non-hydrogen) atoms. The summed E-state index contributed by atoms with van der Waals surface area (Å²) in [4.78, 5) is 45.2. The first kappa shape index (κ1) is 33.3. The number of fused-ring (bicyclic) bond motifs is 2. The minimum Gasteiger partial charge on any atom is -0.461 e. The second-order valence-electron chi connectivity index (χ2n) is 13.7. The Hall–Kier alpha value is -4.56. The molecule has 2 heterocycles. The molecule has 8 heteroatoms. The Balaban J connectivity index is 1.49. The van der Waals surface area contributed by atoms with Crippen molar-refractivity contribution in [1.82, 2.24) is 4.98 Å². The van der Waals surface area contributed by atoms with E-state index in [2.05, 4.69) is 25.8 Å². The van der Waals surface area contributed by atoms with Gasteiger partial charge < -0.3 is 18.9 Å². The molecule has 0 amide bonds. The van der Waals surface area contributed by atoms with Crippen molar-refractivity contribution in [2.24, 2.45) is 11.3 Å². The third-order valence-electron chi connectivity index (χ3n) is 10.2. The molecule has 6 atom stereocenters. The fraction of sp³-hybridized carbons (Fsp3) is 0.400. The Bertz CT molecular complexity index is 1700. The summed E-state index contributed by atoms with van der Waals surface area (Å²) in [6.45, 7) is 8.16. The van der Waals surface area contributed by atoms with Crippen molar-refractivity contribution in [3.8, 4) is 0 Å². The van der Waals surface area contributed by atoms with E-state index in [-0.39, 0.29) is 12.7 Å². The predicted molar refractivity (Wildman–Crippen MR) is 180 cm³/mol. The van der Waals surface area contributed by atoms with E-state index in [1.54, 1.807) is 66.9 Å². The highest BCUT2D eigenvalue weighted by Gasteiger charge is 2.61. The van der Waals surface area contributed by atoms with Crippen LogP contribution in [0.1, 0.15) is 90.9 Å². The molecule has 3 aromatic rings. The van der Waals surface area contributed by atoms with Crippen LogP contribution in [0, 0.1) is 11.3 Å². The molecule has 0 spiro atoms. The molecular weight excluding hydrogens is 606 g/mol. The van der Waals surface area contributed by atoms with E-state index < -0.39 is 47.0 Å². The van der Waals surface area contributed by atoms with Crippen LogP contribution in [0.15, 0.2) is 108 Å². The Labute approximate surface area is 282 Å². The third-order valence-corrected chi connectivity index (χ3v) is 10.2. The molecule has 1 unspecified atom stereocenters. The number of carbonyl (C=O) groups excluding carboxylic acids is 3. The van der Waals surface area contributed by atoms with E-state index in [1.807, 2.05) is 25.1 Å². The molecule has 250 valence electrons. The van der Waals surface area contributed by atoms with Crippen molar-refractivity contribution >= 4 is 17.9 Å². The van der Waals surface area contributed by atoms with Crippen LogP contribution < -0.4 is 0 Å². The van der Waals surface area contributed by atoms with Crippen molar-refractivity contribution in [3.05, 3.63) is 125 Å². The number of carbonyl (C=O) groups is 3. The summed E-state index contributed by atoms with van der Waals surface area (Å²) in [5, 5.41) is 0. The lowest BCUT2D eigenvalue weighted by atomic mass is 9.68. The first-order valence-corrected chi connectivity index (χ1v) is 16.7. The minimum absolute atomic E-state index is 0.00859. The topological polar surface area (TPSA) is 104 Å². The van der Waals surface area contributed by atoms with Crippen molar-refractivity contribution < 1.29 is 33.3 Å². The summed E-state index contributed by atoms with van der Waals surface area (Å²) in [5.41, 5.74) is 2.94. The van der Waals surface area contributed by atoms with E-state index in [0.717, 1.165) is 29.6 Å². The number of ether oxygens (including phenoxy) is 4. The number of nitrogens with zero attached hydrogens (tertiary/aromatic N) is 1. The van der Waals surface area contributed by atoms with Crippen LogP contribution in [-0.2, 0) is 18.9 Å². The predicted octanol–water partition coefficient (Wildman–Crippen LogP) is 7.71. The molecule has 0 bridgehead atoms. The minimum atomic E-state index is -0.965. The van der Waals surface area contributed by atoms with Gasteiger partial charge in [-0.15, -0.1) is 0 Å². The molecular formula is C40H43NO7. The summed E-state index contributed by atoms with van der Waals surface area (Å²) in [7, 11) is 0. The molecule has 8 nitrogen and oxygen atoms in total. The monoisotopic (exact) mass is 649 g/mol. The van der Waals surface area contributed by atoms with E-state index in [4.69, 9.17) is 18.9 Å². The molecule has 1 saturated carbocycles. The first-order valence-electron chi connectivity index (χ1n) is 16.7. The lowest BCUT2D eigenvalue weighted by Crippen LogP contribution is -2.50. The molecule has 0 N–H and O–H groups in total. The molecule has 1 aromatic heterocycles. The molecule has 1 aliphatic heterocycles. The molecule has 2 fully saturated rings. The zero-order valence-electron chi connectivity index (χ0n) is 28.0. The number of allylic oxidation sites excluding steroid dienone is 2. The molecule has 0 radical (unpaired) electrons. The zero-order chi connectivity index (χ0) is 33.9. The van der Waals surface area contributed by atoms with Crippen molar-refractivity contribution in [3.63, 3.8) is 0 Å². The highest BCUT2D eigenvalue weighted by atomic mass is 16.6. The Morgan fingerprint density at radius 2 is 1.50 bits per heavy atom. The fourth-order valence-electron chi connectivity index (χ4n) is 7.53. The van der Waals surface area contributed by atoms with Crippen LogP contribution in [0.2, 0.25) is 0 Å². The molecule has 6 rings (SSSR count). The largest absolute Gasteiger partial charge is 0.461 e. The number of rotatable bonds is 7. The van der Waals surface area contributed by atoms with E-state index in [9.17, 15) is 14.4 Å². The average molecular weight is 650 g/mol. The normalized spacial score (nSPS) is 29.2. The van der Waals surface area contributed by atoms with Gasteiger partial charge in [0.05, 0.1) is 33.8 Å². The van der Waals surface area contributed by atoms with E-state index >= 15 is 0 Å². The second-order valence-corrected chi connectivity index (χ2v) is 13.7. The third kappa shape index (κ3) is 6.99. The summed E-state index contributed by atoms with van der Waals surface area (Å²) in [5.74, 6) is -1.90. The number of esters is 3. The standard InChI is InChI=1S/C40H43NO7/c1-26(2)31-19-20-40(25-45-36(42)28-12-7-5-8-13-28)34(47-37(43)29-14-9-6-10-15-29)22-27(3)17-18-33-39(4,48-33)23-32(35(31)40)46-38(44)30-16-11-21-41-24-30/h5-16,21-22,24,32-35H,17-20,23,25H2,1-4H3/b27-22+/t32-,33+,34+,35?,39+,40+/m1/s1. The highest BCUT2D eigenvalue weighted by Crippen LogP contribution is 2.57. The quantitative estimate of drug-likeness (QED) is 0.111. The van der Waals surface area contributed by atoms with E-state index in [1.165, 1.54) is 6.20 Å². The second kappa shape index (κ2) is 13.9. The average Bonchev–Trinajstić information content (AvgIpc) is 3.57. The lowest BCUT2D eigenvalue weighted by molar-refractivity contribution is -0.0796. The summed E-state index contributed by atoms with van der Waals surface area (Å²) in [6, 6.07) is 21.1. The van der Waals surface area contributed by atoms with Gasteiger partial charge in [-0.3, -0.25) is 4.98 Å². The SMILES string of the molecule is CC(C)=C1CC[C@@]2(COC(=O)c3ccccc3)C1[C@H](OC(=O)c1cccnc1)C[C@]1(C)O[C@H]1CC/C(C)=C/[C@@H]2OC(=O)c1ccccc1. The van der Waals surface area contributed by atoms with Crippen LogP contribution in [0.5, 0.6) is 0 Å². The van der Waals surface area contributed by atoms with Gasteiger partial charge in [-0.25, -0.2) is 14.4 Å². The molecule has 1 saturated heterocycles. The molecule has 3 aliphatic rings. The number of benzene rings is 2. The van der Waals surface area contributed by atoms with Gasteiger partial charge in [0.15, 0.2) is 0 Å². The summed E-state index contributed by atoms with van der Waals surface area (Å²) >= 11 is 0. The van der Waals surface area contributed by atoms with Crippen LogP contribution in [0.3, 0.4) is 0 Å². The van der Waals surface area contributed by atoms with E-state index in [0.29, 0.717) is 36.0 Å². The maximum absolute atomic E-state index is 13.8. The number of aromatic nitrogens is 1. The van der Waals surface area contributed by atoms with Gasteiger partial charge in [-0.2, -0.15) is 0 Å². The molecule has 2 aliphatic carbocycles. The number of epoxide rings is 1. The van der Waals surface area contributed by atoms with Gasteiger partial charge in [0.2, 0.25) is 0 Å². The summed E-state index contributed by atoms with van der Waals surface area (Å²) < 4.78 is 25.5. The van der Waals surface area contributed by atoms with Crippen molar-refractivity contribution in [2.75, 3.05) is 6.61 Å². The van der Waals surface area contributed by atoms with Crippen LogP contribution >= 0.6 is 0 Å². The van der Waals surface area contributed by atoms with Crippen LogP contribution in [-0.4, -0.2) is 53.4 Å². The van der Waals surface area contributed by atoms with Gasteiger partial charge in [0, 0.05) is 24.7 Å². The summed E-state index contributed by atoms with van der Waals surface area (Å²) in [6.07, 6.45) is 6.77. The van der Waals surface area contributed by atoms with Gasteiger partial charge in [-0.05, 0) is 95.9 Å². The smallest absolute Gasteiger partial charge is 0.339 e. The Morgan fingerprint density at radius 1 is 0.854 bits per heavy atom. The van der Waals surface area contributed by atoms with Crippen molar-refractivity contribution in [1.29, 1.82) is 0 Å². The zero-order valence-corrected chi connectivity index (χ0v) is 28.0. The highest BCUT2D eigenvalue weighted by molar-refractivity contribution is 5.90. The van der Waals surface area contributed by atoms with Gasteiger partial charge in [-0.1, -0.05) is 53.1 Å². The van der Waals surface area contributed by atoms with Gasteiger partial charge in [0.25, 0.3) is 0 Å². The maximum atomic E-state index is 13.8. The first-order chi connectivity index (χ1) is 23.1. The number of hydrogen-bond acceptors (Lipinski definition) is 8. The Morgan fingerprint density at radius 3 is 2.15 bits per heavy atom. The van der Waals surface area contributed by atoms with Crippen LogP contribution in [0.25, 0.3) is 0 Å². The fourth-order valence-corrected chi connectivity index (χ4v) is 7.53. The van der Waals surface area contributed by atoms with Gasteiger partial charge >= 0.3 is 17.9 Å². The van der Waals surface area contributed by atoms with Gasteiger partial charge in [0.1, 0.15) is 18.8 Å².